The van der Waals surface area contributed by atoms with E-state index in [9.17, 15) is 0 Å². The van der Waals surface area contributed by atoms with E-state index in [0.717, 1.165) is 0 Å². The molecule has 1 aromatic rings. The Balaban J connectivity index is 2.98. The maximum absolute atomic E-state index is 6.95. The average Bonchev–Trinajstić information content (AvgIpc) is 2.14. The molecule has 3 N–H and O–H groups in total. The first-order valence-electron chi connectivity index (χ1n) is 2.54. The van der Waals surface area contributed by atoms with Crippen LogP contribution in [0.2, 0.25) is 0 Å². The molecule has 9 heavy (non-hydrogen) atoms. The summed E-state index contributed by atoms with van der Waals surface area (Å²) >= 11 is 0. The highest BCUT2D eigenvalue weighted by atomic mass is 15.3. The lowest BCUT2D eigenvalue weighted by molar-refractivity contribution is 0.764. The van der Waals surface area contributed by atoms with Crippen molar-refractivity contribution in [3.63, 3.8) is 0 Å². The SMILES string of the molecule is Cn1ccc(C(=N)N)n1. The smallest absolute Gasteiger partial charge is 0.143 e. The molecule has 0 aliphatic carbocycles. The Hall–Kier alpha value is -1.32. The lowest BCUT2D eigenvalue weighted by Gasteiger charge is -1.86. The van der Waals surface area contributed by atoms with Gasteiger partial charge in [-0.3, -0.25) is 10.1 Å². The second-order valence-corrected chi connectivity index (χ2v) is 1.79. The van der Waals surface area contributed by atoms with Gasteiger partial charge in [-0.1, -0.05) is 0 Å². The predicted octanol–water partition coefficient (Wildman–Crippen LogP) is -0.296. The third kappa shape index (κ3) is 1.07. The van der Waals surface area contributed by atoms with Gasteiger partial charge in [-0.05, 0) is 6.07 Å². The van der Waals surface area contributed by atoms with Gasteiger partial charge >= 0.3 is 0 Å². The molecule has 4 nitrogen and oxygen atoms in total. The van der Waals surface area contributed by atoms with Gasteiger partial charge in [0.25, 0.3) is 0 Å². The van der Waals surface area contributed by atoms with E-state index >= 15 is 0 Å². The number of nitrogens with zero attached hydrogens (tertiary/aromatic N) is 2. The van der Waals surface area contributed by atoms with E-state index in [2.05, 4.69) is 5.10 Å². The van der Waals surface area contributed by atoms with Crippen molar-refractivity contribution >= 4 is 5.84 Å². The van der Waals surface area contributed by atoms with Crippen molar-refractivity contribution in [3.8, 4) is 0 Å². The summed E-state index contributed by atoms with van der Waals surface area (Å²) in [6.45, 7) is 0. The Kier molecular flexibility index (Phi) is 1.22. The molecule has 1 rings (SSSR count). The van der Waals surface area contributed by atoms with Gasteiger partial charge in [0.05, 0.1) is 0 Å². The minimum Gasteiger partial charge on any atom is -0.382 e. The minimum absolute atomic E-state index is 0.00981. The van der Waals surface area contributed by atoms with Crippen LogP contribution >= 0.6 is 0 Å². The normalized spacial score (nSPS) is 9.44. The molecule has 0 unspecified atom stereocenters. The molecule has 0 fully saturated rings. The van der Waals surface area contributed by atoms with E-state index in [-0.39, 0.29) is 5.84 Å². The maximum atomic E-state index is 6.95. The average molecular weight is 124 g/mol. The van der Waals surface area contributed by atoms with Crippen molar-refractivity contribution in [3.05, 3.63) is 18.0 Å². The molecule has 0 spiro atoms. The van der Waals surface area contributed by atoms with E-state index in [1.165, 1.54) is 0 Å². The van der Waals surface area contributed by atoms with Crippen LogP contribution in [0, 0.1) is 5.41 Å². The summed E-state index contributed by atoms with van der Waals surface area (Å²) in [4.78, 5) is 0. The van der Waals surface area contributed by atoms with E-state index in [4.69, 9.17) is 11.1 Å². The number of rotatable bonds is 1. The number of hydrogen-bond donors (Lipinski definition) is 2. The van der Waals surface area contributed by atoms with Crippen LogP contribution in [0.15, 0.2) is 12.3 Å². The molecule has 1 heterocycles. The number of aryl methyl sites for hydroxylation is 1. The number of nitrogens with two attached hydrogens (primary N) is 1. The highest BCUT2D eigenvalue weighted by Crippen LogP contribution is 1.89. The molecule has 0 radical (unpaired) electrons. The van der Waals surface area contributed by atoms with Crippen molar-refractivity contribution in [2.45, 2.75) is 0 Å². The Morgan fingerprint density at radius 3 is 2.78 bits per heavy atom. The van der Waals surface area contributed by atoms with Crippen molar-refractivity contribution < 1.29 is 0 Å². The van der Waals surface area contributed by atoms with Gasteiger partial charge in [-0.15, -0.1) is 0 Å². The fraction of sp³-hybridized carbons (Fsp3) is 0.200. The van der Waals surface area contributed by atoms with Crippen LogP contribution in [0.5, 0.6) is 0 Å². The third-order valence-electron chi connectivity index (χ3n) is 0.990. The lowest BCUT2D eigenvalue weighted by atomic mass is 10.4. The van der Waals surface area contributed by atoms with E-state index in [1.807, 2.05) is 0 Å². The summed E-state index contributed by atoms with van der Waals surface area (Å²) in [5.41, 5.74) is 5.66. The maximum Gasteiger partial charge on any atom is 0.143 e. The van der Waals surface area contributed by atoms with Crippen LogP contribution in [-0.4, -0.2) is 15.6 Å². The molecule has 0 aliphatic heterocycles. The quantitative estimate of drug-likeness (QED) is 0.399. The molecule has 0 saturated heterocycles. The van der Waals surface area contributed by atoms with Crippen LogP contribution in [0.3, 0.4) is 0 Å². The first-order chi connectivity index (χ1) is 4.20. The zero-order valence-electron chi connectivity index (χ0n) is 5.13. The summed E-state index contributed by atoms with van der Waals surface area (Å²) in [7, 11) is 1.78. The van der Waals surface area contributed by atoms with E-state index < -0.39 is 0 Å². The molecule has 48 valence electrons. The largest absolute Gasteiger partial charge is 0.382 e. The Labute approximate surface area is 52.8 Å². The Morgan fingerprint density at radius 2 is 2.56 bits per heavy atom. The summed E-state index contributed by atoms with van der Waals surface area (Å²) in [6, 6.07) is 1.70. The predicted molar refractivity (Wildman–Crippen MR) is 34.2 cm³/mol. The molecule has 0 atom stereocenters. The van der Waals surface area contributed by atoms with E-state index in [1.54, 1.807) is 24.0 Å². The van der Waals surface area contributed by atoms with Crippen molar-refractivity contribution in [2.24, 2.45) is 12.8 Å². The Bertz CT molecular complexity index is 225. The summed E-state index contributed by atoms with van der Waals surface area (Å²) in [5.74, 6) is 0.00981. The second kappa shape index (κ2) is 1.89. The summed E-state index contributed by atoms with van der Waals surface area (Å²) < 4.78 is 1.61. The van der Waals surface area contributed by atoms with Gasteiger partial charge in [0.1, 0.15) is 11.5 Å². The molecule has 0 saturated carbocycles. The van der Waals surface area contributed by atoms with Crippen LogP contribution in [0.25, 0.3) is 0 Å². The van der Waals surface area contributed by atoms with Gasteiger partial charge in [0.15, 0.2) is 0 Å². The number of aromatic nitrogens is 2. The molecule has 0 aromatic carbocycles. The lowest BCUT2D eigenvalue weighted by Crippen LogP contribution is -2.11. The van der Waals surface area contributed by atoms with Crippen LogP contribution in [0.1, 0.15) is 5.69 Å². The standard InChI is InChI=1S/C5H8N4/c1-9-3-2-4(8-9)5(6)7/h2-3H,1H3,(H3,6,7). The van der Waals surface area contributed by atoms with Gasteiger partial charge in [0, 0.05) is 13.2 Å². The minimum atomic E-state index is 0.00981. The molecule has 1 aromatic heterocycles. The zero-order chi connectivity index (χ0) is 6.85. The number of hydrogen-bond acceptors (Lipinski definition) is 2. The molecule has 0 amide bonds. The fourth-order valence-electron chi connectivity index (χ4n) is 0.559. The molecular formula is C5H8N4. The first-order valence-corrected chi connectivity index (χ1v) is 2.54. The Morgan fingerprint density at radius 1 is 1.89 bits per heavy atom. The monoisotopic (exact) mass is 124 g/mol. The van der Waals surface area contributed by atoms with Crippen LogP contribution in [-0.2, 0) is 7.05 Å². The third-order valence-corrected chi connectivity index (χ3v) is 0.990. The van der Waals surface area contributed by atoms with Crippen molar-refractivity contribution in [2.75, 3.05) is 0 Å². The van der Waals surface area contributed by atoms with Gasteiger partial charge < -0.3 is 5.73 Å². The van der Waals surface area contributed by atoms with Gasteiger partial charge in [0.2, 0.25) is 0 Å². The van der Waals surface area contributed by atoms with Crippen molar-refractivity contribution in [1.29, 1.82) is 5.41 Å². The number of nitrogens with one attached hydrogen (secondary N) is 1. The first kappa shape index (κ1) is 5.81. The zero-order valence-corrected chi connectivity index (χ0v) is 5.13. The molecular weight excluding hydrogens is 116 g/mol. The van der Waals surface area contributed by atoms with Gasteiger partial charge in [-0.2, -0.15) is 5.10 Å². The van der Waals surface area contributed by atoms with Crippen molar-refractivity contribution in [1.82, 2.24) is 9.78 Å². The fourth-order valence-corrected chi connectivity index (χ4v) is 0.559. The van der Waals surface area contributed by atoms with Gasteiger partial charge in [-0.25, -0.2) is 0 Å². The number of amidine groups is 1. The topological polar surface area (TPSA) is 67.7 Å². The summed E-state index contributed by atoms with van der Waals surface area (Å²) in [6.07, 6.45) is 1.75. The number of nitrogen functional groups attached to an aromatic ring is 1. The summed E-state index contributed by atoms with van der Waals surface area (Å²) in [5, 5.41) is 10.8. The van der Waals surface area contributed by atoms with E-state index in [0.29, 0.717) is 5.69 Å². The highest BCUT2D eigenvalue weighted by Gasteiger charge is 1.96. The van der Waals surface area contributed by atoms with Crippen LogP contribution in [0.4, 0.5) is 0 Å². The molecule has 0 aliphatic rings. The highest BCUT2D eigenvalue weighted by molar-refractivity contribution is 5.92. The second-order valence-electron chi connectivity index (χ2n) is 1.79. The molecule has 4 heteroatoms. The molecule has 0 bridgehead atoms. The van der Waals surface area contributed by atoms with Crippen LogP contribution < -0.4 is 5.73 Å².